The van der Waals surface area contributed by atoms with Gasteiger partial charge in [-0.3, -0.25) is 4.99 Å². The quantitative estimate of drug-likeness (QED) is 0.639. The van der Waals surface area contributed by atoms with E-state index in [2.05, 4.69) is 19.6 Å². The lowest BCUT2D eigenvalue weighted by atomic mass is 10.5. The SMILES string of the molecule is CN=C(N)NCCN(C)c1ccsn1.Cl.Cl. The molecule has 0 radical (unpaired) electrons. The fraction of sp³-hybridized carbons (Fsp3) is 0.500. The highest BCUT2D eigenvalue weighted by Gasteiger charge is 2.01. The summed E-state index contributed by atoms with van der Waals surface area (Å²) in [5.74, 6) is 1.46. The van der Waals surface area contributed by atoms with Crippen LogP contribution in [0, 0.1) is 0 Å². The Morgan fingerprint density at radius 2 is 2.31 bits per heavy atom. The van der Waals surface area contributed by atoms with Gasteiger partial charge in [0, 0.05) is 32.6 Å². The van der Waals surface area contributed by atoms with Gasteiger partial charge in [0.2, 0.25) is 0 Å². The Bertz CT molecular complexity index is 291. The highest BCUT2D eigenvalue weighted by molar-refractivity contribution is 7.03. The van der Waals surface area contributed by atoms with E-state index in [0.717, 1.165) is 18.9 Å². The van der Waals surface area contributed by atoms with Gasteiger partial charge in [0.05, 0.1) is 0 Å². The second-order valence-electron chi connectivity index (χ2n) is 2.81. The second-order valence-corrected chi connectivity index (χ2v) is 3.48. The molecule has 1 aromatic rings. The summed E-state index contributed by atoms with van der Waals surface area (Å²) in [6.45, 7) is 1.61. The van der Waals surface area contributed by atoms with E-state index >= 15 is 0 Å². The molecule has 0 amide bonds. The van der Waals surface area contributed by atoms with Crippen LogP contribution in [-0.2, 0) is 0 Å². The molecular weight excluding hydrogens is 269 g/mol. The summed E-state index contributed by atoms with van der Waals surface area (Å²) in [5, 5.41) is 4.95. The number of hydrogen-bond acceptors (Lipinski definition) is 4. The van der Waals surface area contributed by atoms with Crippen molar-refractivity contribution < 1.29 is 0 Å². The number of likely N-dealkylation sites (N-methyl/N-ethyl adjacent to an activating group) is 1. The Balaban J connectivity index is 0. The molecule has 5 nitrogen and oxygen atoms in total. The fourth-order valence-electron chi connectivity index (χ4n) is 0.948. The molecule has 16 heavy (non-hydrogen) atoms. The molecular formula is C8H17Cl2N5S. The van der Waals surface area contributed by atoms with Crippen molar-refractivity contribution in [1.82, 2.24) is 9.69 Å². The summed E-state index contributed by atoms with van der Waals surface area (Å²) in [6, 6.07) is 1.99. The van der Waals surface area contributed by atoms with Crippen LogP contribution < -0.4 is 16.0 Å². The van der Waals surface area contributed by atoms with Crippen molar-refractivity contribution in [3.05, 3.63) is 11.4 Å². The predicted octanol–water partition coefficient (Wildman–Crippen LogP) is 0.957. The summed E-state index contributed by atoms with van der Waals surface area (Å²) in [6.07, 6.45) is 0. The Morgan fingerprint density at radius 1 is 1.62 bits per heavy atom. The lowest BCUT2D eigenvalue weighted by molar-refractivity contribution is 0.811. The van der Waals surface area contributed by atoms with Crippen LogP contribution in [0.2, 0.25) is 0 Å². The molecule has 0 aliphatic heterocycles. The fourth-order valence-corrected chi connectivity index (χ4v) is 1.50. The van der Waals surface area contributed by atoms with Crippen molar-refractivity contribution in [2.45, 2.75) is 0 Å². The third kappa shape index (κ3) is 5.99. The van der Waals surface area contributed by atoms with Gasteiger partial charge in [-0.25, -0.2) is 0 Å². The van der Waals surface area contributed by atoms with Gasteiger partial charge in [0.25, 0.3) is 0 Å². The number of nitrogens with two attached hydrogens (primary N) is 1. The molecule has 0 saturated carbocycles. The molecule has 0 spiro atoms. The summed E-state index contributed by atoms with van der Waals surface area (Å²) in [4.78, 5) is 5.86. The van der Waals surface area contributed by atoms with Crippen LogP contribution in [0.1, 0.15) is 0 Å². The summed E-state index contributed by atoms with van der Waals surface area (Å²) in [7, 11) is 3.66. The lowest BCUT2D eigenvalue weighted by Gasteiger charge is -2.16. The van der Waals surface area contributed by atoms with Gasteiger partial charge in [-0.1, -0.05) is 0 Å². The molecule has 0 fully saturated rings. The van der Waals surface area contributed by atoms with E-state index in [-0.39, 0.29) is 24.8 Å². The molecule has 3 N–H and O–H groups in total. The molecule has 1 heterocycles. The van der Waals surface area contributed by atoms with Gasteiger partial charge in [-0.15, -0.1) is 24.8 Å². The molecule has 8 heteroatoms. The van der Waals surface area contributed by atoms with Crippen molar-refractivity contribution in [3.8, 4) is 0 Å². The topological polar surface area (TPSA) is 66.5 Å². The first kappa shape index (κ1) is 17.7. The second kappa shape index (κ2) is 9.50. The molecule has 1 rings (SSSR count). The standard InChI is InChI=1S/C8H15N5S.2ClH/c1-10-8(9)11-4-5-13(2)7-3-6-14-12-7;;/h3,6H,4-5H2,1-2H3,(H3,9,10,11);2*1H. The highest BCUT2D eigenvalue weighted by Crippen LogP contribution is 2.09. The van der Waals surface area contributed by atoms with Crippen molar-refractivity contribution in [3.63, 3.8) is 0 Å². The van der Waals surface area contributed by atoms with Crippen LogP contribution in [0.5, 0.6) is 0 Å². The normalized spacial score (nSPS) is 10.0. The van der Waals surface area contributed by atoms with Crippen LogP contribution in [-0.4, -0.2) is 37.5 Å². The Labute approximate surface area is 112 Å². The predicted molar refractivity (Wildman–Crippen MR) is 75.4 cm³/mol. The van der Waals surface area contributed by atoms with Crippen LogP contribution in [0.4, 0.5) is 5.82 Å². The van der Waals surface area contributed by atoms with Crippen molar-refractivity contribution in [2.24, 2.45) is 10.7 Å². The minimum Gasteiger partial charge on any atom is -0.370 e. The zero-order valence-corrected chi connectivity index (χ0v) is 11.7. The van der Waals surface area contributed by atoms with E-state index < -0.39 is 0 Å². The van der Waals surface area contributed by atoms with Crippen molar-refractivity contribution in [1.29, 1.82) is 0 Å². The Morgan fingerprint density at radius 3 is 2.81 bits per heavy atom. The lowest BCUT2D eigenvalue weighted by Crippen LogP contribution is -2.37. The van der Waals surface area contributed by atoms with E-state index in [9.17, 15) is 0 Å². The van der Waals surface area contributed by atoms with E-state index in [0.29, 0.717) is 5.96 Å². The van der Waals surface area contributed by atoms with Crippen LogP contribution in [0.15, 0.2) is 16.4 Å². The number of aliphatic imine (C=N–C) groups is 1. The number of halogens is 2. The Hall–Kier alpha value is -0.720. The van der Waals surface area contributed by atoms with E-state index in [4.69, 9.17) is 5.73 Å². The molecule has 0 aromatic carbocycles. The number of anilines is 1. The Kier molecular flexibility index (Phi) is 10.5. The number of nitrogens with zero attached hydrogens (tertiary/aromatic N) is 3. The maximum atomic E-state index is 5.48. The van der Waals surface area contributed by atoms with Crippen LogP contribution in [0.3, 0.4) is 0 Å². The first-order valence-electron chi connectivity index (χ1n) is 4.31. The molecule has 0 bridgehead atoms. The van der Waals surface area contributed by atoms with Crippen molar-refractivity contribution in [2.75, 3.05) is 32.1 Å². The first-order chi connectivity index (χ1) is 6.74. The van der Waals surface area contributed by atoms with Gasteiger partial charge in [0.15, 0.2) is 5.96 Å². The third-order valence-electron chi connectivity index (χ3n) is 1.81. The average molecular weight is 286 g/mol. The van der Waals surface area contributed by atoms with Gasteiger partial charge >= 0.3 is 0 Å². The zero-order chi connectivity index (χ0) is 10.4. The third-order valence-corrected chi connectivity index (χ3v) is 2.36. The molecule has 1 aromatic heterocycles. The summed E-state index contributed by atoms with van der Waals surface area (Å²) in [5.41, 5.74) is 5.48. The van der Waals surface area contributed by atoms with E-state index in [1.807, 2.05) is 18.5 Å². The molecule has 94 valence electrons. The van der Waals surface area contributed by atoms with Gasteiger partial charge in [-0.05, 0) is 17.6 Å². The van der Waals surface area contributed by atoms with Gasteiger partial charge in [0.1, 0.15) is 5.82 Å². The van der Waals surface area contributed by atoms with Gasteiger partial charge < -0.3 is 16.0 Å². The number of nitrogens with one attached hydrogen (secondary N) is 1. The number of aromatic nitrogens is 1. The summed E-state index contributed by atoms with van der Waals surface area (Å²) >= 11 is 1.45. The highest BCUT2D eigenvalue weighted by atomic mass is 35.5. The number of rotatable bonds is 4. The average Bonchev–Trinajstić information content (AvgIpc) is 2.70. The molecule has 0 unspecified atom stereocenters. The van der Waals surface area contributed by atoms with E-state index in [1.165, 1.54) is 11.5 Å². The first-order valence-corrected chi connectivity index (χ1v) is 5.15. The smallest absolute Gasteiger partial charge is 0.188 e. The monoisotopic (exact) mass is 285 g/mol. The number of hydrogen-bond donors (Lipinski definition) is 2. The minimum absolute atomic E-state index is 0. The molecule has 0 aliphatic rings. The van der Waals surface area contributed by atoms with Gasteiger partial charge in [-0.2, -0.15) is 4.37 Å². The number of guanidine groups is 1. The largest absolute Gasteiger partial charge is 0.370 e. The molecule has 0 atom stereocenters. The van der Waals surface area contributed by atoms with Crippen LogP contribution in [0.25, 0.3) is 0 Å². The minimum atomic E-state index is 0. The maximum Gasteiger partial charge on any atom is 0.188 e. The summed E-state index contributed by atoms with van der Waals surface area (Å²) < 4.78 is 4.21. The maximum absolute atomic E-state index is 5.48. The zero-order valence-electron chi connectivity index (χ0n) is 9.21. The molecule has 0 aliphatic carbocycles. The van der Waals surface area contributed by atoms with Crippen LogP contribution >= 0.6 is 36.3 Å². The van der Waals surface area contributed by atoms with E-state index in [1.54, 1.807) is 7.05 Å². The van der Waals surface area contributed by atoms with Crippen molar-refractivity contribution >= 4 is 48.1 Å². The molecule has 0 saturated heterocycles.